The fourth-order valence-electron chi connectivity index (χ4n) is 2.57. The maximum atomic E-state index is 5.51. The average molecular weight is 320 g/mol. The molecule has 0 radical (unpaired) electrons. The lowest BCUT2D eigenvalue weighted by molar-refractivity contribution is 0.00130. The van der Waals surface area contributed by atoms with Crippen LogP contribution in [0.5, 0.6) is 0 Å². The normalized spacial score (nSPS) is 21.3. The van der Waals surface area contributed by atoms with Crippen LogP contribution in [0, 0.1) is 0 Å². The Morgan fingerprint density at radius 2 is 1.72 bits per heavy atom. The van der Waals surface area contributed by atoms with Gasteiger partial charge in [-0.25, -0.2) is 0 Å². The molecule has 1 aliphatic heterocycles. The molecule has 108 valence electrons. The zero-order chi connectivity index (χ0) is 13.1. The molecule has 1 heterocycles. The van der Waals surface area contributed by atoms with E-state index in [4.69, 9.17) is 4.74 Å². The van der Waals surface area contributed by atoms with Gasteiger partial charge >= 0.3 is 0 Å². The Morgan fingerprint density at radius 1 is 1.06 bits per heavy atom. The summed E-state index contributed by atoms with van der Waals surface area (Å²) in [5, 5.41) is 1.05. The maximum Gasteiger partial charge on any atom is 0.0630 e. The Hall–Kier alpha value is 0.400. The fraction of sp³-hybridized carbons (Fsp3) is 1.00. The van der Waals surface area contributed by atoms with Gasteiger partial charge in [0.05, 0.1) is 13.2 Å². The maximum absolute atomic E-state index is 5.51. The van der Waals surface area contributed by atoms with E-state index in [0.29, 0.717) is 6.04 Å². The van der Waals surface area contributed by atoms with Crippen molar-refractivity contribution >= 4 is 15.9 Å². The summed E-state index contributed by atoms with van der Waals surface area (Å²) < 4.78 is 5.51. The molecule has 0 spiro atoms. The van der Waals surface area contributed by atoms with Crippen LogP contribution < -0.4 is 0 Å². The summed E-state index contributed by atoms with van der Waals surface area (Å²) in [6.45, 7) is 6.48. The van der Waals surface area contributed by atoms with Gasteiger partial charge in [0.15, 0.2) is 0 Å². The molecule has 0 amide bonds. The number of rotatable bonds is 10. The largest absolute Gasteiger partial charge is 0.378 e. The molecule has 18 heavy (non-hydrogen) atoms. The molecule has 0 aromatic rings. The second-order valence-corrected chi connectivity index (χ2v) is 6.04. The molecule has 1 unspecified atom stereocenters. The summed E-state index contributed by atoms with van der Waals surface area (Å²) >= 11 is 3.59. The van der Waals surface area contributed by atoms with Crippen molar-refractivity contribution < 1.29 is 4.74 Å². The van der Waals surface area contributed by atoms with E-state index < -0.39 is 0 Å². The Bertz CT molecular complexity index is 189. The number of hydrogen-bond acceptors (Lipinski definition) is 2. The van der Waals surface area contributed by atoms with Gasteiger partial charge in [-0.05, 0) is 13.0 Å². The lowest BCUT2D eigenvalue weighted by Crippen LogP contribution is -2.46. The number of halogens is 1. The van der Waals surface area contributed by atoms with Crippen molar-refractivity contribution in [2.45, 2.75) is 64.3 Å². The molecule has 0 aromatic carbocycles. The van der Waals surface area contributed by atoms with Crippen LogP contribution in [0.15, 0.2) is 0 Å². The van der Waals surface area contributed by atoms with Gasteiger partial charge in [0.2, 0.25) is 0 Å². The quantitative estimate of drug-likeness (QED) is 0.441. The predicted octanol–water partition coefficient (Wildman–Crippen LogP) is 4.22. The molecule has 0 N–H and O–H groups in total. The van der Waals surface area contributed by atoms with Gasteiger partial charge in [0, 0.05) is 17.9 Å². The van der Waals surface area contributed by atoms with Crippen molar-refractivity contribution in [1.29, 1.82) is 0 Å². The smallest absolute Gasteiger partial charge is 0.0630 e. The third-order valence-electron chi connectivity index (χ3n) is 3.83. The molecule has 2 nitrogen and oxygen atoms in total. The highest BCUT2D eigenvalue weighted by atomic mass is 79.9. The average Bonchev–Trinajstić information content (AvgIpc) is 2.42. The molecule has 1 fully saturated rings. The van der Waals surface area contributed by atoms with Crippen molar-refractivity contribution in [3.8, 4) is 0 Å². The Kier molecular flexibility index (Phi) is 10.3. The number of nitrogens with zero attached hydrogens (tertiary/aromatic N) is 1. The SMILES string of the molecule is CCCCCCCCCCN1CCOCC1CBr. The lowest BCUT2D eigenvalue weighted by Gasteiger charge is -2.34. The number of ether oxygens (including phenoxy) is 1. The third-order valence-corrected chi connectivity index (χ3v) is 4.57. The van der Waals surface area contributed by atoms with Gasteiger partial charge in [-0.15, -0.1) is 0 Å². The Morgan fingerprint density at radius 3 is 2.39 bits per heavy atom. The van der Waals surface area contributed by atoms with E-state index in [2.05, 4.69) is 27.8 Å². The van der Waals surface area contributed by atoms with Crippen molar-refractivity contribution in [1.82, 2.24) is 4.90 Å². The minimum Gasteiger partial charge on any atom is -0.378 e. The second kappa shape index (κ2) is 11.2. The molecule has 1 aliphatic rings. The molecule has 0 bridgehead atoms. The van der Waals surface area contributed by atoms with Crippen LogP contribution in [-0.2, 0) is 4.74 Å². The van der Waals surface area contributed by atoms with Crippen LogP contribution in [0.3, 0.4) is 0 Å². The van der Waals surface area contributed by atoms with Crippen LogP contribution in [-0.4, -0.2) is 42.6 Å². The number of unbranched alkanes of at least 4 members (excludes halogenated alkanes) is 7. The van der Waals surface area contributed by atoms with Gasteiger partial charge < -0.3 is 4.74 Å². The van der Waals surface area contributed by atoms with Gasteiger partial charge in [0.1, 0.15) is 0 Å². The predicted molar refractivity (Wildman–Crippen MR) is 82.6 cm³/mol. The van der Waals surface area contributed by atoms with Crippen LogP contribution in [0.4, 0.5) is 0 Å². The van der Waals surface area contributed by atoms with Crippen molar-refractivity contribution in [2.24, 2.45) is 0 Å². The van der Waals surface area contributed by atoms with Crippen molar-refractivity contribution in [3.05, 3.63) is 0 Å². The summed E-state index contributed by atoms with van der Waals surface area (Å²) in [4.78, 5) is 2.59. The molecule has 0 aliphatic carbocycles. The van der Waals surface area contributed by atoms with Gasteiger partial charge in [-0.3, -0.25) is 4.90 Å². The Labute approximate surface area is 122 Å². The molecular formula is C15H30BrNO. The highest BCUT2D eigenvalue weighted by molar-refractivity contribution is 9.09. The zero-order valence-electron chi connectivity index (χ0n) is 12.0. The molecule has 0 saturated carbocycles. The summed E-state index contributed by atoms with van der Waals surface area (Å²) in [6, 6.07) is 0.600. The van der Waals surface area contributed by atoms with E-state index in [-0.39, 0.29) is 0 Å². The van der Waals surface area contributed by atoms with Gasteiger partial charge in [0.25, 0.3) is 0 Å². The van der Waals surface area contributed by atoms with Crippen LogP contribution in [0.25, 0.3) is 0 Å². The first-order chi connectivity index (χ1) is 8.88. The van der Waals surface area contributed by atoms with Crippen molar-refractivity contribution in [3.63, 3.8) is 0 Å². The van der Waals surface area contributed by atoms with Gasteiger partial charge in [-0.2, -0.15) is 0 Å². The van der Waals surface area contributed by atoms with E-state index in [1.807, 2.05) is 0 Å². The molecule has 3 heteroatoms. The number of alkyl halides is 1. The van der Waals surface area contributed by atoms with E-state index in [1.54, 1.807) is 0 Å². The number of morpholine rings is 1. The first kappa shape index (κ1) is 16.5. The van der Waals surface area contributed by atoms with Crippen molar-refractivity contribution in [2.75, 3.05) is 31.6 Å². The fourth-order valence-corrected chi connectivity index (χ4v) is 3.17. The third kappa shape index (κ3) is 7.10. The zero-order valence-corrected chi connectivity index (χ0v) is 13.6. The topological polar surface area (TPSA) is 12.5 Å². The lowest BCUT2D eigenvalue weighted by atomic mass is 10.1. The second-order valence-electron chi connectivity index (χ2n) is 5.39. The summed E-state index contributed by atoms with van der Waals surface area (Å²) in [5.41, 5.74) is 0. The first-order valence-electron chi connectivity index (χ1n) is 7.76. The van der Waals surface area contributed by atoms with Gasteiger partial charge in [-0.1, -0.05) is 67.8 Å². The van der Waals surface area contributed by atoms with Crippen LogP contribution in [0.2, 0.25) is 0 Å². The molecule has 1 atom stereocenters. The first-order valence-corrected chi connectivity index (χ1v) is 8.88. The minimum absolute atomic E-state index is 0.600. The van der Waals surface area contributed by atoms with E-state index in [1.165, 1.54) is 57.9 Å². The summed E-state index contributed by atoms with van der Waals surface area (Å²) in [7, 11) is 0. The van der Waals surface area contributed by atoms with E-state index in [9.17, 15) is 0 Å². The monoisotopic (exact) mass is 319 g/mol. The number of hydrogen-bond donors (Lipinski definition) is 0. The molecule has 0 aromatic heterocycles. The van der Waals surface area contributed by atoms with Crippen LogP contribution in [0.1, 0.15) is 58.3 Å². The standard InChI is InChI=1S/C15H30BrNO/c1-2-3-4-5-6-7-8-9-10-17-11-12-18-14-15(17)13-16/h15H,2-14H2,1H3. The highest BCUT2D eigenvalue weighted by Crippen LogP contribution is 2.13. The molecule has 1 rings (SSSR count). The Balaban J connectivity index is 1.93. The summed E-state index contributed by atoms with van der Waals surface area (Å²) in [6.07, 6.45) is 11.3. The van der Waals surface area contributed by atoms with E-state index >= 15 is 0 Å². The van der Waals surface area contributed by atoms with E-state index in [0.717, 1.165) is 25.1 Å². The summed E-state index contributed by atoms with van der Waals surface area (Å²) in [5.74, 6) is 0. The van der Waals surface area contributed by atoms with Crippen LogP contribution >= 0.6 is 15.9 Å². The minimum atomic E-state index is 0.600. The molecule has 1 saturated heterocycles. The highest BCUT2D eigenvalue weighted by Gasteiger charge is 2.20. The molecular weight excluding hydrogens is 290 g/mol.